The van der Waals surface area contributed by atoms with Gasteiger partial charge in [-0.1, -0.05) is 0 Å². The molecule has 0 aliphatic carbocycles. The summed E-state index contributed by atoms with van der Waals surface area (Å²) in [6.45, 7) is 1.76. The molecule has 0 aliphatic heterocycles. The van der Waals surface area contributed by atoms with Gasteiger partial charge in [0.05, 0.1) is 22.4 Å². The van der Waals surface area contributed by atoms with Gasteiger partial charge in [-0.3, -0.25) is 20.2 Å². The first-order valence-electron chi connectivity index (χ1n) is 5.81. The topological polar surface area (TPSA) is 97.2 Å². The van der Waals surface area contributed by atoms with E-state index >= 15 is 0 Å². The number of nitro groups is 1. The summed E-state index contributed by atoms with van der Waals surface area (Å²) < 4.78 is 13.6. The van der Waals surface area contributed by atoms with Crippen molar-refractivity contribution in [1.29, 1.82) is 0 Å². The van der Waals surface area contributed by atoms with E-state index in [1.165, 1.54) is 18.4 Å². The van der Waals surface area contributed by atoms with Crippen molar-refractivity contribution in [3.05, 3.63) is 44.7 Å². The van der Waals surface area contributed by atoms with Gasteiger partial charge in [0, 0.05) is 12.4 Å². The number of halogens is 1. The Hall–Kier alpha value is -2.55. The molecular weight excluding hydrogens is 299 g/mol. The fourth-order valence-electron chi connectivity index (χ4n) is 1.66. The Bertz CT molecular complexity index is 717. The third-order valence-corrected chi connectivity index (χ3v) is 3.51. The number of carbonyl (C=O) groups excluding carboxylic acids is 1. The molecule has 110 valence electrons. The maximum Gasteiger partial charge on any atom is 0.285 e. The van der Waals surface area contributed by atoms with Gasteiger partial charge in [-0.25, -0.2) is 9.37 Å². The first-order valence-corrected chi connectivity index (χ1v) is 6.69. The number of aryl methyl sites for hydroxylation is 1. The molecular formula is C12H11FN4O3S. The van der Waals surface area contributed by atoms with Gasteiger partial charge >= 0.3 is 0 Å². The number of nitro benzene ring substituents is 1. The molecule has 1 heterocycles. The predicted octanol–water partition coefficient (Wildman–Crippen LogP) is 2.79. The van der Waals surface area contributed by atoms with E-state index in [1.807, 2.05) is 0 Å². The molecule has 0 saturated carbocycles. The number of hydrogen-bond acceptors (Lipinski definition) is 6. The lowest BCUT2D eigenvalue weighted by molar-refractivity contribution is -0.385. The second-order valence-electron chi connectivity index (χ2n) is 4.10. The van der Waals surface area contributed by atoms with Gasteiger partial charge in [0.15, 0.2) is 10.9 Å². The number of anilines is 2. The number of hydrogen-bond donors (Lipinski definition) is 2. The third-order valence-electron chi connectivity index (χ3n) is 2.64. The highest BCUT2D eigenvalue weighted by Gasteiger charge is 2.24. The standard InChI is InChI=1S/C12H11FN4O3S/c1-6-5-21-12(15-6)16-11(18)7-3-9(14-2)8(13)4-10(7)17(19)20/h3-5,14H,1-2H3,(H,15,16,18). The third kappa shape index (κ3) is 3.14. The number of amides is 1. The summed E-state index contributed by atoms with van der Waals surface area (Å²) in [6.07, 6.45) is 0. The van der Waals surface area contributed by atoms with Crippen molar-refractivity contribution in [1.82, 2.24) is 4.98 Å². The van der Waals surface area contributed by atoms with Crippen LogP contribution in [0.4, 0.5) is 20.9 Å². The quantitative estimate of drug-likeness (QED) is 0.668. The van der Waals surface area contributed by atoms with Crippen molar-refractivity contribution >= 4 is 33.8 Å². The molecule has 0 bridgehead atoms. The fourth-order valence-corrected chi connectivity index (χ4v) is 2.35. The summed E-state index contributed by atoms with van der Waals surface area (Å²) >= 11 is 1.20. The van der Waals surface area contributed by atoms with Crippen LogP contribution in [-0.4, -0.2) is 22.9 Å². The summed E-state index contributed by atoms with van der Waals surface area (Å²) in [5, 5.41) is 18.0. The van der Waals surface area contributed by atoms with Crippen LogP contribution < -0.4 is 10.6 Å². The molecule has 2 rings (SSSR count). The zero-order valence-electron chi connectivity index (χ0n) is 11.1. The molecule has 0 aliphatic rings. The average Bonchev–Trinajstić information content (AvgIpc) is 2.83. The Morgan fingerprint density at radius 3 is 2.71 bits per heavy atom. The van der Waals surface area contributed by atoms with Gasteiger partial charge < -0.3 is 5.32 Å². The monoisotopic (exact) mass is 310 g/mol. The molecule has 0 radical (unpaired) electrons. The number of nitrogens with zero attached hydrogens (tertiary/aromatic N) is 2. The van der Waals surface area contributed by atoms with Crippen molar-refractivity contribution in [2.24, 2.45) is 0 Å². The molecule has 0 fully saturated rings. The number of thiazole rings is 1. The number of benzene rings is 1. The second-order valence-corrected chi connectivity index (χ2v) is 4.96. The van der Waals surface area contributed by atoms with Crippen LogP contribution in [0.5, 0.6) is 0 Å². The number of rotatable bonds is 4. The Labute approximate surface area is 123 Å². The summed E-state index contributed by atoms with van der Waals surface area (Å²) in [7, 11) is 1.45. The van der Waals surface area contributed by atoms with E-state index in [2.05, 4.69) is 15.6 Å². The van der Waals surface area contributed by atoms with E-state index in [1.54, 1.807) is 12.3 Å². The van der Waals surface area contributed by atoms with Crippen molar-refractivity contribution in [3.8, 4) is 0 Å². The molecule has 0 atom stereocenters. The van der Waals surface area contributed by atoms with Crippen LogP contribution >= 0.6 is 11.3 Å². The van der Waals surface area contributed by atoms with Crippen LogP contribution in [-0.2, 0) is 0 Å². The SMILES string of the molecule is CNc1cc(C(=O)Nc2nc(C)cs2)c([N+](=O)[O-])cc1F. The largest absolute Gasteiger partial charge is 0.386 e. The highest BCUT2D eigenvalue weighted by Crippen LogP contribution is 2.27. The second kappa shape index (κ2) is 5.83. The van der Waals surface area contributed by atoms with Gasteiger partial charge in [0.2, 0.25) is 0 Å². The summed E-state index contributed by atoms with van der Waals surface area (Å²) in [5.41, 5.74) is -0.114. The van der Waals surface area contributed by atoms with Crippen molar-refractivity contribution < 1.29 is 14.1 Å². The van der Waals surface area contributed by atoms with Gasteiger partial charge in [-0.2, -0.15) is 0 Å². The summed E-state index contributed by atoms with van der Waals surface area (Å²) in [5.74, 6) is -1.52. The van der Waals surface area contributed by atoms with Gasteiger partial charge in [0.1, 0.15) is 5.56 Å². The zero-order valence-corrected chi connectivity index (χ0v) is 12.0. The average molecular weight is 310 g/mol. The van der Waals surface area contributed by atoms with Gasteiger partial charge in [0.25, 0.3) is 11.6 Å². The molecule has 2 aromatic rings. The minimum absolute atomic E-state index is 0.000990. The number of nitrogens with one attached hydrogen (secondary N) is 2. The van der Waals surface area contributed by atoms with E-state index in [4.69, 9.17) is 0 Å². The Balaban J connectivity index is 2.40. The van der Waals surface area contributed by atoms with E-state index in [0.29, 0.717) is 11.2 Å². The molecule has 7 nitrogen and oxygen atoms in total. The van der Waals surface area contributed by atoms with Gasteiger partial charge in [-0.15, -0.1) is 11.3 Å². The van der Waals surface area contributed by atoms with Crippen molar-refractivity contribution in [2.75, 3.05) is 17.7 Å². The van der Waals surface area contributed by atoms with Crippen LogP contribution in [0.15, 0.2) is 17.5 Å². The van der Waals surface area contributed by atoms with Crippen molar-refractivity contribution in [2.45, 2.75) is 6.92 Å². The van der Waals surface area contributed by atoms with Crippen LogP contribution in [0.3, 0.4) is 0 Å². The van der Waals surface area contributed by atoms with E-state index in [0.717, 1.165) is 11.8 Å². The maximum absolute atomic E-state index is 13.6. The fraction of sp³-hybridized carbons (Fsp3) is 0.167. The maximum atomic E-state index is 13.6. The molecule has 0 spiro atoms. The van der Waals surface area contributed by atoms with E-state index < -0.39 is 22.3 Å². The van der Waals surface area contributed by atoms with Crippen LogP contribution in [0.2, 0.25) is 0 Å². The minimum Gasteiger partial charge on any atom is -0.386 e. The molecule has 1 aromatic carbocycles. The molecule has 21 heavy (non-hydrogen) atoms. The first kappa shape index (κ1) is 14.9. The first-order chi connectivity index (χ1) is 9.92. The molecule has 0 unspecified atom stereocenters. The Kier molecular flexibility index (Phi) is 4.13. The smallest absolute Gasteiger partial charge is 0.285 e. The van der Waals surface area contributed by atoms with Crippen LogP contribution in [0, 0.1) is 22.9 Å². The van der Waals surface area contributed by atoms with Crippen LogP contribution in [0.25, 0.3) is 0 Å². The number of aromatic nitrogens is 1. The minimum atomic E-state index is -0.801. The van der Waals surface area contributed by atoms with Gasteiger partial charge in [-0.05, 0) is 13.0 Å². The number of carbonyl (C=O) groups is 1. The normalized spacial score (nSPS) is 10.2. The Morgan fingerprint density at radius 2 is 2.19 bits per heavy atom. The predicted molar refractivity (Wildman–Crippen MR) is 77.4 cm³/mol. The lowest BCUT2D eigenvalue weighted by Gasteiger charge is -2.07. The van der Waals surface area contributed by atoms with E-state index in [9.17, 15) is 19.3 Å². The zero-order chi connectivity index (χ0) is 15.6. The molecule has 2 N–H and O–H groups in total. The lowest BCUT2D eigenvalue weighted by Crippen LogP contribution is -2.15. The molecule has 0 saturated heterocycles. The molecule has 1 amide bonds. The highest BCUT2D eigenvalue weighted by atomic mass is 32.1. The van der Waals surface area contributed by atoms with Crippen molar-refractivity contribution in [3.63, 3.8) is 0 Å². The summed E-state index contributed by atoms with van der Waals surface area (Å²) in [4.78, 5) is 26.3. The molecule has 1 aromatic heterocycles. The summed E-state index contributed by atoms with van der Waals surface area (Å²) in [6, 6.07) is 1.82. The van der Waals surface area contributed by atoms with Crippen LogP contribution in [0.1, 0.15) is 16.1 Å². The van der Waals surface area contributed by atoms with E-state index in [-0.39, 0.29) is 11.3 Å². The highest BCUT2D eigenvalue weighted by molar-refractivity contribution is 7.13. The molecule has 9 heteroatoms. The Morgan fingerprint density at radius 1 is 1.48 bits per heavy atom. The lowest BCUT2D eigenvalue weighted by atomic mass is 10.1.